The van der Waals surface area contributed by atoms with E-state index in [1.807, 2.05) is 0 Å². The fraction of sp³-hybridized carbons (Fsp3) is 0. The number of rotatable bonds is 3. The van der Waals surface area contributed by atoms with E-state index in [0.717, 1.165) is 6.07 Å². The maximum absolute atomic E-state index is 12.1. The van der Waals surface area contributed by atoms with Gasteiger partial charge < -0.3 is 26.5 Å². The maximum Gasteiger partial charge on any atom is 0.259 e. The van der Waals surface area contributed by atoms with Gasteiger partial charge in [0.15, 0.2) is 5.84 Å². The van der Waals surface area contributed by atoms with Gasteiger partial charge in [-0.1, -0.05) is 17.3 Å². The van der Waals surface area contributed by atoms with E-state index in [-0.39, 0.29) is 22.9 Å². The Bertz CT molecular complexity index is 713. The number of hydrogen-bond donors (Lipinski definition) is 5. The number of phenolic OH excluding ortho intramolecular Hbond substituents is 2. The second kappa shape index (κ2) is 5.83. The number of phenols is 2. The first-order chi connectivity index (χ1) is 10.0. The molecule has 0 saturated heterocycles. The number of hydrogen-bond acceptors (Lipinski definition) is 5. The molecule has 0 fully saturated rings. The second-order valence-corrected chi connectivity index (χ2v) is 4.19. The Morgan fingerprint density at radius 1 is 1.10 bits per heavy atom. The summed E-state index contributed by atoms with van der Waals surface area (Å²) in [6.07, 6.45) is 0. The van der Waals surface area contributed by atoms with Crippen molar-refractivity contribution in [2.75, 3.05) is 5.32 Å². The van der Waals surface area contributed by atoms with Crippen LogP contribution in [0.5, 0.6) is 11.5 Å². The minimum absolute atomic E-state index is 0.0932. The molecule has 1 amide bonds. The fourth-order valence-corrected chi connectivity index (χ4v) is 1.76. The van der Waals surface area contributed by atoms with Crippen LogP contribution < -0.4 is 11.1 Å². The molecule has 0 aliphatic carbocycles. The van der Waals surface area contributed by atoms with Crippen LogP contribution in [0.4, 0.5) is 5.69 Å². The van der Waals surface area contributed by atoms with Crippen LogP contribution in [-0.2, 0) is 0 Å². The maximum atomic E-state index is 12.1. The van der Waals surface area contributed by atoms with Gasteiger partial charge in [-0.25, -0.2) is 0 Å². The summed E-state index contributed by atoms with van der Waals surface area (Å²) in [7, 11) is 0. The summed E-state index contributed by atoms with van der Waals surface area (Å²) in [6.45, 7) is 0. The number of carbonyl (C=O) groups is 1. The van der Waals surface area contributed by atoms with E-state index in [0.29, 0.717) is 11.3 Å². The number of nitrogens with two attached hydrogens (primary N) is 1. The summed E-state index contributed by atoms with van der Waals surface area (Å²) in [4.78, 5) is 12.1. The van der Waals surface area contributed by atoms with Gasteiger partial charge in [0.1, 0.15) is 11.5 Å². The van der Waals surface area contributed by atoms with Crippen molar-refractivity contribution in [3.05, 3.63) is 53.6 Å². The highest BCUT2D eigenvalue weighted by molar-refractivity contribution is 6.10. The quantitative estimate of drug-likeness (QED) is 0.192. The summed E-state index contributed by atoms with van der Waals surface area (Å²) >= 11 is 0. The van der Waals surface area contributed by atoms with Crippen LogP contribution in [0.1, 0.15) is 15.9 Å². The molecule has 0 heterocycles. The third kappa shape index (κ3) is 3.03. The molecule has 0 bridgehead atoms. The number of carbonyl (C=O) groups excluding carboxylic acids is 1. The molecular weight excluding hydrogens is 274 g/mol. The second-order valence-electron chi connectivity index (χ2n) is 4.19. The van der Waals surface area contributed by atoms with Crippen molar-refractivity contribution in [3.63, 3.8) is 0 Å². The van der Waals surface area contributed by atoms with Crippen molar-refractivity contribution in [2.24, 2.45) is 10.9 Å². The highest BCUT2D eigenvalue weighted by Crippen LogP contribution is 2.24. The van der Waals surface area contributed by atoms with Gasteiger partial charge in [0.05, 0.1) is 11.3 Å². The number of anilines is 1. The molecule has 2 aromatic rings. The summed E-state index contributed by atoms with van der Waals surface area (Å²) in [5, 5.41) is 33.2. The number of nitrogens with one attached hydrogen (secondary N) is 1. The molecule has 7 nitrogen and oxygen atoms in total. The monoisotopic (exact) mass is 287 g/mol. The van der Waals surface area contributed by atoms with Crippen LogP contribution in [0.15, 0.2) is 47.6 Å². The normalized spacial score (nSPS) is 11.1. The smallest absolute Gasteiger partial charge is 0.259 e. The van der Waals surface area contributed by atoms with Crippen molar-refractivity contribution < 1.29 is 20.2 Å². The van der Waals surface area contributed by atoms with Gasteiger partial charge in [-0.2, -0.15) is 0 Å². The van der Waals surface area contributed by atoms with Gasteiger partial charge in [-0.15, -0.1) is 0 Å². The number of oxime groups is 1. The first-order valence-corrected chi connectivity index (χ1v) is 5.93. The first-order valence-electron chi connectivity index (χ1n) is 5.93. The lowest BCUT2D eigenvalue weighted by Gasteiger charge is -2.11. The van der Waals surface area contributed by atoms with E-state index in [1.54, 1.807) is 24.3 Å². The van der Waals surface area contributed by atoms with Crippen LogP contribution in [-0.4, -0.2) is 27.2 Å². The molecule has 7 heteroatoms. The molecule has 0 aliphatic heterocycles. The van der Waals surface area contributed by atoms with Crippen LogP contribution >= 0.6 is 0 Å². The third-order valence-corrected chi connectivity index (χ3v) is 2.78. The van der Waals surface area contributed by atoms with Gasteiger partial charge in [0, 0.05) is 5.56 Å². The Hall–Kier alpha value is -3.22. The minimum Gasteiger partial charge on any atom is -0.508 e. The lowest BCUT2D eigenvalue weighted by Crippen LogP contribution is -2.19. The van der Waals surface area contributed by atoms with Crippen molar-refractivity contribution in [1.82, 2.24) is 0 Å². The Labute approximate surface area is 120 Å². The minimum atomic E-state index is -0.637. The van der Waals surface area contributed by atoms with Gasteiger partial charge >= 0.3 is 0 Å². The molecule has 6 N–H and O–H groups in total. The molecule has 0 spiro atoms. The lowest BCUT2D eigenvalue weighted by molar-refractivity contribution is 0.102. The Balaban J connectivity index is 2.34. The van der Waals surface area contributed by atoms with Crippen molar-refractivity contribution >= 4 is 17.4 Å². The predicted molar refractivity (Wildman–Crippen MR) is 76.7 cm³/mol. The van der Waals surface area contributed by atoms with Gasteiger partial charge in [0.25, 0.3) is 5.91 Å². The van der Waals surface area contributed by atoms with Gasteiger partial charge in [-0.05, 0) is 30.3 Å². The number of amides is 1. The topological polar surface area (TPSA) is 128 Å². The summed E-state index contributed by atoms with van der Waals surface area (Å²) < 4.78 is 0. The Morgan fingerprint density at radius 2 is 1.81 bits per heavy atom. The van der Waals surface area contributed by atoms with Crippen LogP contribution in [0.2, 0.25) is 0 Å². The van der Waals surface area contributed by atoms with E-state index >= 15 is 0 Å². The van der Waals surface area contributed by atoms with E-state index in [4.69, 9.17) is 10.9 Å². The number of nitrogens with zero attached hydrogens (tertiary/aromatic N) is 1. The molecule has 108 valence electrons. The molecule has 2 aromatic carbocycles. The average Bonchev–Trinajstić information content (AvgIpc) is 2.49. The van der Waals surface area contributed by atoms with Crippen LogP contribution in [0.3, 0.4) is 0 Å². The SMILES string of the molecule is N/C(=N/O)c1ccccc1NC(=O)c1cc(O)ccc1O. The number of aromatic hydroxyl groups is 2. The van der Waals surface area contributed by atoms with E-state index < -0.39 is 5.91 Å². The zero-order valence-corrected chi connectivity index (χ0v) is 10.8. The van der Waals surface area contributed by atoms with Gasteiger partial charge in [0.2, 0.25) is 0 Å². The predicted octanol–water partition coefficient (Wildman–Crippen LogP) is 1.44. The van der Waals surface area contributed by atoms with Crippen molar-refractivity contribution in [2.45, 2.75) is 0 Å². The Morgan fingerprint density at radius 3 is 2.52 bits per heavy atom. The molecule has 0 radical (unpaired) electrons. The Kier molecular flexibility index (Phi) is 3.94. The summed E-state index contributed by atoms with van der Waals surface area (Å²) in [6, 6.07) is 10.0. The van der Waals surface area contributed by atoms with E-state index in [1.165, 1.54) is 12.1 Å². The lowest BCUT2D eigenvalue weighted by atomic mass is 10.1. The fourth-order valence-electron chi connectivity index (χ4n) is 1.76. The number of para-hydroxylation sites is 1. The third-order valence-electron chi connectivity index (χ3n) is 2.78. The van der Waals surface area contributed by atoms with Crippen molar-refractivity contribution in [3.8, 4) is 11.5 Å². The summed E-state index contributed by atoms with van der Waals surface area (Å²) in [5.74, 6) is -1.22. The molecular formula is C14H13N3O4. The largest absolute Gasteiger partial charge is 0.508 e. The molecule has 0 aliphatic rings. The molecule has 0 atom stereocenters. The number of benzene rings is 2. The molecule has 0 unspecified atom stereocenters. The van der Waals surface area contributed by atoms with E-state index in [2.05, 4.69) is 10.5 Å². The van der Waals surface area contributed by atoms with Crippen molar-refractivity contribution in [1.29, 1.82) is 0 Å². The van der Waals surface area contributed by atoms with Crippen LogP contribution in [0.25, 0.3) is 0 Å². The zero-order valence-electron chi connectivity index (χ0n) is 10.8. The number of amidine groups is 1. The highest BCUT2D eigenvalue weighted by atomic mass is 16.4. The standard InChI is InChI=1S/C14H13N3O4/c15-13(17-21)9-3-1-2-4-11(9)16-14(20)10-7-8(18)5-6-12(10)19/h1-7,18-19,21H,(H2,15,17)(H,16,20). The molecule has 2 rings (SSSR count). The van der Waals surface area contributed by atoms with E-state index in [9.17, 15) is 15.0 Å². The van der Waals surface area contributed by atoms with Gasteiger partial charge in [-0.3, -0.25) is 4.79 Å². The summed E-state index contributed by atoms with van der Waals surface area (Å²) in [5.41, 5.74) is 6.06. The molecule has 21 heavy (non-hydrogen) atoms. The molecule has 0 aromatic heterocycles. The average molecular weight is 287 g/mol. The van der Waals surface area contributed by atoms with Crippen LogP contribution in [0, 0.1) is 0 Å². The first kappa shape index (κ1) is 14.2. The highest BCUT2D eigenvalue weighted by Gasteiger charge is 2.15. The molecule has 0 saturated carbocycles. The zero-order chi connectivity index (χ0) is 15.4.